The van der Waals surface area contributed by atoms with Crippen LogP contribution in [0.3, 0.4) is 0 Å². The Morgan fingerprint density at radius 1 is 0.889 bits per heavy atom. The fourth-order valence-electron chi connectivity index (χ4n) is 3.35. The molecule has 104 valence electrons. The molecule has 2 nitrogen and oxygen atoms in total. The molecule has 0 amide bonds. The van der Waals surface area contributed by atoms with Crippen LogP contribution in [0.2, 0.25) is 0 Å². The van der Waals surface area contributed by atoms with E-state index in [1.807, 2.05) is 0 Å². The smallest absolute Gasteiger partial charge is 0.166 e. The molecule has 0 aromatic carbocycles. The Labute approximate surface area is 117 Å². The van der Waals surface area contributed by atoms with Crippen LogP contribution in [0.15, 0.2) is 0 Å². The lowest BCUT2D eigenvalue weighted by atomic mass is 9.87. The van der Waals surface area contributed by atoms with Crippen molar-refractivity contribution in [2.24, 2.45) is 5.92 Å². The summed E-state index contributed by atoms with van der Waals surface area (Å²) < 4.78 is 0. The third-order valence-electron chi connectivity index (χ3n) is 4.50. The highest BCUT2D eigenvalue weighted by molar-refractivity contribution is 7.80. The molecule has 2 fully saturated rings. The van der Waals surface area contributed by atoms with Gasteiger partial charge < -0.3 is 10.6 Å². The van der Waals surface area contributed by atoms with Gasteiger partial charge in [-0.15, -0.1) is 0 Å². The number of thiocarbonyl (C=S) groups is 1. The number of rotatable bonds is 4. The van der Waals surface area contributed by atoms with E-state index in [-0.39, 0.29) is 0 Å². The molecule has 0 heterocycles. The fourth-order valence-corrected chi connectivity index (χ4v) is 3.62. The lowest BCUT2D eigenvalue weighted by molar-refractivity contribution is 0.339. The zero-order valence-electron chi connectivity index (χ0n) is 11.5. The van der Waals surface area contributed by atoms with Gasteiger partial charge in [-0.1, -0.05) is 51.4 Å². The molecule has 2 saturated carbocycles. The molecule has 0 aliphatic heterocycles. The van der Waals surface area contributed by atoms with Crippen molar-refractivity contribution in [1.82, 2.24) is 10.6 Å². The maximum absolute atomic E-state index is 5.38. The summed E-state index contributed by atoms with van der Waals surface area (Å²) >= 11 is 5.38. The van der Waals surface area contributed by atoms with Crippen LogP contribution in [0.1, 0.15) is 70.6 Å². The van der Waals surface area contributed by atoms with Crippen molar-refractivity contribution in [3.05, 3.63) is 0 Å². The van der Waals surface area contributed by atoms with Crippen LogP contribution in [-0.2, 0) is 0 Å². The van der Waals surface area contributed by atoms with Crippen LogP contribution in [0.25, 0.3) is 0 Å². The first-order chi connectivity index (χ1) is 8.84. The predicted molar refractivity (Wildman–Crippen MR) is 81.8 cm³/mol. The summed E-state index contributed by atoms with van der Waals surface area (Å²) in [4.78, 5) is 0. The van der Waals surface area contributed by atoms with Crippen molar-refractivity contribution < 1.29 is 0 Å². The Balaban J connectivity index is 1.53. The first-order valence-electron chi connectivity index (χ1n) is 7.89. The minimum atomic E-state index is 0.633. The average molecular weight is 268 g/mol. The quantitative estimate of drug-likeness (QED) is 0.759. The van der Waals surface area contributed by atoms with E-state index < -0.39 is 0 Å². The Bertz CT molecular complexity index is 243. The summed E-state index contributed by atoms with van der Waals surface area (Å²) in [6, 6.07) is 0.633. The largest absolute Gasteiger partial charge is 0.363 e. The normalized spacial score (nSPS) is 22.7. The molecule has 0 atom stereocenters. The molecule has 2 N–H and O–H groups in total. The van der Waals surface area contributed by atoms with Gasteiger partial charge in [-0.2, -0.15) is 0 Å². The van der Waals surface area contributed by atoms with Crippen LogP contribution < -0.4 is 10.6 Å². The maximum Gasteiger partial charge on any atom is 0.166 e. The van der Waals surface area contributed by atoms with E-state index in [1.165, 1.54) is 70.6 Å². The third kappa shape index (κ3) is 5.13. The maximum atomic E-state index is 5.38. The Morgan fingerprint density at radius 2 is 1.50 bits per heavy atom. The number of nitrogens with one attached hydrogen (secondary N) is 2. The molecule has 2 aliphatic carbocycles. The molecule has 0 spiro atoms. The lowest BCUT2D eigenvalue weighted by Crippen LogP contribution is -2.43. The van der Waals surface area contributed by atoms with Gasteiger partial charge in [-0.25, -0.2) is 0 Å². The Kier molecular flexibility index (Phi) is 6.25. The summed E-state index contributed by atoms with van der Waals surface area (Å²) in [5, 5.41) is 7.76. The molecule has 3 heteroatoms. The fraction of sp³-hybridized carbons (Fsp3) is 0.933. The van der Waals surface area contributed by atoms with E-state index >= 15 is 0 Å². The highest BCUT2D eigenvalue weighted by Crippen LogP contribution is 2.25. The Hall–Kier alpha value is -0.310. The van der Waals surface area contributed by atoms with Crippen LogP contribution in [0.4, 0.5) is 0 Å². The molecular formula is C15H28N2S. The second kappa shape index (κ2) is 7.98. The van der Waals surface area contributed by atoms with E-state index in [1.54, 1.807) is 0 Å². The van der Waals surface area contributed by atoms with Crippen LogP contribution in [0.5, 0.6) is 0 Å². The van der Waals surface area contributed by atoms with E-state index in [4.69, 9.17) is 12.2 Å². The van der Waals surface area contributed by atoms with Gasteiger partial charge in [0.15, 0.2) is 5.11 Å². The van der Waals surface area contributed by atoms with Gasteiger partial charge in [0.05, 0.1) is 0 Å². The van der Waals surface area contributed by atoms with Crippen molar-refractivity contribution in [1.29, 1.82) is 0 Å². The van der Waals surface area contributed by atoms with Crippen molar-refractivity contribution >= 4 is 17.3 Å². The van der Waals surface area contributed by atoms with Gasteiger partial charge >= 0.3 is 0 Å². The lowest BCUT2D eigenvalue weighted by Gasteiger charge is -2.25. The zero-order chi connectivity index (χ0) is 12.6. The topological polar surface area (TPSA) is 24.1 Å². The molecular weight excluding hydrogens is 240 g/mol. The second-order valence-corrected chi connectivity index (χ2v) is 6.44. The Morgan fingerprint density at radius 3 is 2.17 bits per heavy atom. The van der Waals surface area contributed by atoms with Gasteiger partial charge in [0.25, 0.3) is 0 Å². The summed E-state index contributed by atoms with van der Waals surface area (Å²) in [6.07, 6.45) is 15.2. The van der Waals surface area contributed by atoms with Crippen molar-refractivity contribution in [2.45, 2.75) is 76.7 Å². The van der Waals surface area contributed by atoms with Crippen molar-refractivity contribution in [2.75, 3.05) is 6.54 Å². The molecule has 0 aromatic heterocycles. The summed E-state index contributed by atoms with van der Waals surface area (Å²) in [6.45, 7) is 1.06. The summed E-state index contributed by atoms with van der Waals surface area (Å²) in [7, 11) is 0. The van der Waals surface area contributed by atoms with Gasteiger partial charge in [-0.05, 0) is 37.4 Å². The monoisotopic (exact) mass is 268 g/mol. The molecule has 0 saturated heterocycles. The minimum Gasteiger partial charge on any atom is -0.363 e. The first-order valence-corrected chi connectivity index (χ1v) is 8.30. The summed E-state index contributed by atoms with van der Waals surface area (Å²) in [5.74, 6) is 0.948. The standard InChI is InChI=1S/C15H28N2S/c18-15(17-14-9-5-2-6-10-14)16-12-11-13-7-3-1-4-8-13/h13-14H,1-12H2,(H2,16,17,18). The van der Waals surface area contributed by atoms with Crippen LogP contribution in [-0.4, -0.2) is 17.7 Å². The minimum absolute atomic E-state index is 0.633. The zero-order valence-corrected chi connectivity index (χ0v) is 12.4. The van der Waals surface area contributed by atoms with E-state index in [0.717, 1.165) is 17.6 Å². The van der Waals surface area contributed by atoms with Crippen LogP contribution in [0, 0.1) is 5.92 Å². The van der Waals surface area contributed by atoms with Gasteiger partial charge in [0, 0.05) is 12.6 Å². The number of hydrogen-bond acceptors (Lipinski definition) is 1. The molecule has 0 bridgehead atoms. The van der Waals surface area contributed by atoms with Crippen molar-refractivity contribution in [3.8, 4) is 0 Å². The molecule has 0 radical (unpaired) electrons. The van der Waals surface area contributed by atoms with E-state index in [9.17, 15) is 0 Å². The highest BCUT2D eigenvalue weighted by atomic mass is 32.1. The molecule has 18 heavy (non-hydrogen) atoms. The average Bonchev–Trinajstić information content (AvgIpc) is 2.41. The first kappa shape index (κ1) is 14.1. The molecule has 2 rings (SSSR count). The van der Waals surface area contributed by atoms with E-state index in [2.05, 4.69) is 10.6 Å². The molecule has 0 unspecified atom stereocenters. The van der Waals surface area contributed by atoms with E-state index in [0.29, 0.717) is 6.04 Å². The second-order valence-electron chi connectivity index (χ2n) is 6.03. The molecule has 2 aliphatic rings. The SMILES string of the molecule is S=C(NCCC1CCCCC1)NC1CCCCC1. The highest BCUT2D eigenvalue weighted by Gasteiger charge is 2.15. The van der Waals surface area contributed by atoms with Crippen molar-refractivity contribution in [3.63, 3.8) is 0 Å². The van der Waals surface area contributed by atoms with Gasteiger partial charge in [-0.3, -0.25) is 0 Å². The van der Waals surface area contributed by atoms with Gasteiger partial charge in [0.1, 0.15) is 0 Å². The third-order valence-corrected chi connectivity index (χ3v) is 4.77. The number of hydrogen-bond donors (Lipinski definition) is 2. The van der Waals surface area contributed by atoms with Crippen LogP contribution >= 0.6 is 12.2 Å². The van der Waals surface area contributed by atoms with Gasteiger partial charge in [0.2, 0.25) is 0 Å². The molecule has 0 aromatic rings. The predicted octanol–water partition coefficient (Wildman–Crippen LogP) is 3.75. The summed E-state index contributed by atoms with van der Waals surface area (Å²) in [5.41, 5.74) is 0.